The number of aromatic nitrogens is 2. The summed E-state index contributed by atoms with van der Waals surface area (Å²) in [6.45, 7) is 3.06. The molecule has 36 nitrogen and oxygen atoms in total. The second kappa shape index (κ2) is 39.3. The second-order valence-corrected chi connectivity index (χ2v) is 21.3. The predicted octanol–water partition coefficient (Wildman–Crippen LogP) is -7.08. The topological polar surface area (TPSA) is 625 Å². The minimum atomic E-state index is -1.81. The SMILES string of the molecule is CC(C)[C@H](NC(=O)[C@H](CCC(=O)O)NC(=O)[C@H](CS)NC(=O)[C@H](CCCN=C(N)N)NC(=O)[C@H](Cc1cnc[nH]1)NC(=O)[C@H](Cc1ccc(O)cc1)NC(=O)[C@H](CC(N)=O)NC(=O)[C@@H](N)CCC(=O)O)C(=O)N[C@@H](CC(=O)O)C(=O)N[C@@H](CCCCN)C(N)=O. The van der Waals surface area contributed by atoms with Crippen molar-refractivity contribution in [1.82, 2.24) is 57.8 Å². The van der Waals surface area contributed by atoms with Gasteiger partial charge in [0, 0.05) is 49.9 Å². The molecule has 0 saturated heterocycles. The standard InChI is InChI=1S/C53H82N18O18S/c1-25(2)42(52(89)69-36(21-41(78)79)50(87)63-30(43(57)80)6-3-4-16-54)71-46(83)32(13-15-40(76)77)65-51(88)37(23-90)70-45(82)31(7-5-17-61-53(58)59)64-48(85)34(19-27-22-60-24-62-27)68-47(84)33(18-26-8-10-28(72)11-9-26)67-49(86)35(20-38(56)73)66-44(81)29(55)12-14-39(74)75/h8-11,22,24-25,29-37,42,72,90H,3-7,12-21,23,54-55H2,1-2H3,(H2,56,73)(H2,57,80)(H,60,62)(H,63,87)(H,64,85)(H,65,88)(H,66,81)(H,67,86)(H,68,84)(H,69,89)(H,70,82)(H,71,83)(H,74,75)(H,76,77)(H,78,79)(H4,58,59,61)/t29-,30-,31-,32-,33-,34-,35-,36-,37-,42-/m0/s1. The van der Waals surface area contributed by atoms with Gasteiger partial charge in [0.15, 0.2) is 5.96 Å². The quantitative estimate of drug-likeness (QED) is 0.0127. The summed E-state index contributed by atoms with van der Waals surface area (Å²) in [7, 11) is 0. The van der Waals surface area contributed by atoms with Gasteiger partial charge in [0.1, 0.15) is 60.1 Å². The highest BCUT2D eigenvalue weighted by Gasteiger charge is 2.37. The Morgan fingerprint density at radius 3 is 1.52 bits per heavy atom. The first kappa shape index (κ1) is 76.4. The average molecular weight is 1290 g/mol. The summed E-state index contributed by atoms with van der Waals surface area (Å²) in [6.07, 6.45) is -1.69. The van der Waals surface area contributed by atoms with Crippen molar-refractivity contribution in [2.75, 3.05) is 18.8 Å². The zero-order valence-electron chi connectivity index (χ0n) is 49.4. The average Bonchev–Trinajstić information content (AvgIpc) is 1.68. The Morgan fingerprint density at radius 1 is 0.544 bits per heavy atom. The van der Waals surface area contributed by atoms with Crippen LogP contribution in [0.3, 0.4) is 0 Å². The number of carbonyl (C=O) groups is 14. The van der Waals surface area contributed by atoms with Crippen LogP contribution in [-0.2, 0) is 80.0 Å². The number of phenolic OH excluding ortho intramolecular Hbond substituents is 1. The van der Waals surface area contributed by atoms with E-state index in [1.807, 2.05) is 0 Å². The van der Waals surface area contributed by atoms with E-state index >= 15 is 0 Å². The molecule has 11 amide bonds. The molecule has 10 atom stereocenters. The van der Waals surface area contributed by atoms with Gasteiger partial charge >= 0.3 is 17.9 Å². The second-order valence-electron chi connectivity index (χ2n) is 20.9. The Hall–Kier alpha value is -9.65. The number of guanidine groups is 1. The molecular formula is C53H82N18O18S. The molecule has 26 N–H and O–H groups in total. The molecule has 0 spiro atoms. The lowest BCUT2D eigenvalue weighted by atomic mass is 10.0. The number of aromatic hydroxyl groups is 1. The summed E-state index contributed by atoms with van der Waals surface area (Å²) < 4.78 is 0. The first-order valence-electron chi connectivity index (χ1n) is 28.2. The van der Waals surface area contributed by atoms with Crippen LogP contribution in [0.25, 0.3) is 0 Å². The van der Waals surface area contributed by atoms with Gasteiger partial charge in [0.25, 0.3) is 0 Å². The van der Waals surface area contributed by atoms with Gasteiger partial charge in [0.05, 0.1) is 25.2 Å². The number of H-pyrrole nitrogens is 1. The van der Waals surface area contributed by atoms with Crippen LogP contribution < -0.4 is 82.3 Å². The van der Waals surface area contributed by atoms with Gasteiger partial charge in [-0.05, 0) is 75.1 Å². The molecule has 2 rings (SSSR count). The number of aliphatic carboxylic acids is 3. The first-order chi connectivity index (χ1) is 42.3. The maximum absolute atomic E-state index is 14.5. The molecule has 1 aromatic heterocycles. The maximum Gasteiger partial charge on any atom is 0.305 e. The highest BCUT2D eigenvalue weighted by molar-refractivity contribution is 7.80. The van der Waals surface area contributed by atoms with Crippen molar-refractivity contribution in [3.8, 4) is 5.75 Å². The maximum atomic E-state index is 14.5. The number of amides is 11. The van der Waals surface area contributed by atoms with E-state index in [0.29, 0.717) is 18.4 Å². The lowest BCUT2D eigenvalue weighted by molar-refractivity contribution is -0.142. The van der Waals surface area contributed by atoms with E-state index in [-0.39, 0.29) is 69.0 Å². The van der Waals surface area contributed by atoms with E-state index in [9.17, 15) is 82.4 Å². The molecule has 0 unspecified atom stereocenters. The highest BCUT2D eigenvalue weighted by Crippen LogP contribution is 2.14. The van der Waals surface area contributed by atoms with Crippen LogP contribution in [0.4, 0.5) is 0 Å². The van der Waals surface area contributed by atoms with Crippen molar-refractivity contribution in [3.63, 3.8) is 0 Å². The third kappa shape index (κ3) is 28.9. The number of carbonyl (C=O) groups excluding carboxylic acids is 11. The summed E-state index contributed by atoms with van der Waals surface area (Å²) in [5, 5.41) is 59.6. The van der Waals surface area contributed by atoms with Crippen molar-refractivity contribution in [2.24, 2.45) is 45.3 Å². The first-order valence-corrected chi connectivity index (χ1v) is 28.8. The number of carboxylic acids is 3. The van der Waals surface area contributed by atoms with E-state index in [0.717, 1.165) is 0 Å². The number of rotatable bonds is 43. The summed E-state index contributed by atoms with van der Waals surface area (Å²) >= 11 is 4.21. The lowest BCUT2D eigenvalue weighted by Gasteiger charge is -2.28. The van der Waals surface area contributed by atoms with Crippen LogP contribution in [0, 0.1) is 5.92 Å². The van der Waals surface area contributed by atoms with Crippen LogP contribution in [0.15, 0.2) is 41.8 Å². The number of carboxylic acid groups (broad SMARTS) is 3. The van der Waals surface area contributed by atoms with Crippen LogP contribution in [0.1, 0.15) is 95.7 Å². The number of hydrogen-bond donors (Lipinski definition) is 21. The van der Waals surface area contributed by atoms with Crippen molar-refractivity contribution >= 4 is 101 Å². The largest absolute Gasteiger partial charge is 0.508 e. The number of imidazole rings is 1. The third-order valence-electron chi connectivity index (χ3n) is 13.2. The Kier molecular flexibility index (Phi) is 33.4. The molecule has 0 fully saturated rings. The number of primary amides is 2. The van der Waals surface area contributed by atoms with Crippen molar-refractivity contribution in [3.05, 3.63) is 48.0 Å². The van der Waals surface area contributed by atoms with E-state index in [1.54, 1.807) is 0 Å². The van der Waals surface area contributed by atoms with Crippen LogP contribution >= 0.6 is 12.6 Å². The number of hydrogen-bond acceptors (Lipinski definition) is 20. The van der Waals surface area contributed by atoms with Gasteiger partial charge in [-0.15, -0.1) is 0 Å². The van der Waals surface area contributed by atoms with Gasteiger partial charge in [-0.3, -0.25) is 72.1 Å². The van der Waals surface area contributed by atoms with Crippen LogP contribution in [0.2, 0.25) is 0 Å². The summed E-state index contributed by atoms with van der Waals surface area (Å²) in [5.74, 6) is -18.0. The number of thiol groups is 1. The molecule has 0 radical (unpaired) electrons. The monoisotopic (exact) mass is 1290 g/mol. The third-order valence-corrected chi connectivity index (χ3v) is 13.6. The number of nitrogens with two attached hydrogens (primary N) is 6. The molecule has 1 heterocycles. The van der Waals surface area contributed by atoms with Gasteiger partial charge < -0.3 is 108 Å². The Bertz CT molecular complexity index is 2840. The Morgan fingerprint density at radius 2 is 1.01 bits per heavy atom. The lowest BCUT2D eigenvalue weighted by Crippen LogP contribution is -2.61. The summed E-state index contributed by atoms with van der Waals surface area (Å²) in [6, 6.07) is -10.9. The molecule has 1 aromatic carbocycles. The molecular weight excluding hydrogens is 1210 g/mol. The molecule has 0 aliphatic carbocycles. The van der Waals surface area contributed by atoms with E-state index < -0.39 is 187 Å². The van der Waals surface area contributed by atoms with Crippen molar-refractivity contribution < 1.29 is 87.5 Å². The van der Waals surface area contributed by atoms with Gasteiger partial charge in [-0.2, -0.15) is 12.6 Å². The minimum Gasteiger partial charge on any atom is -0.508 e. The molecule has 2 aromatic rings. The van der Waals surface area contributed by atoms with Crippen LogP contribution in [-0.4, -0.2) is 199 Å². The van der Waals surface area contributed by atoms with Crippen LogP contribution in [0.5, 0.6) is 5.75 Å². The van der Waals surface area contributed by atoms with Gasteiger partial charge in [0.2, 0.25) is 65.0 Å². The number of aliphatic imine (C=N–C) groups is 1. The molecule has 0 saturated carbocycles. The fourth-order valence-corrected chi connectivity index (χ4v) is 8.61. The minimum absolute atomic E-state index is 0.0212. The Labute approximate surface area is 520 Å². The zero-order chi connectivity index (χ0) is 67.8. The van der Waals surface area contributed by atoms with E-state index in [2.05, 4.69) is 75.4 Å². The summed E-state index contributed by atoms with van der Waals surface area (Å²) in [4.78, 5) is 195. The number of benzene rings is 1. The number of phenols is 1. The van der Waals surface area contributed by atoms with Gasteiger partial charge in [-0.1, -0.05) is 26.0 Å². The molecule has 498 valence electrons. The predicted molar refractivity (Wildman–Crippen MR) is 320 cm³/mol. The van der Waals surface area contributed by atoms with Crippen molar-refractivity contribution in [2.45, 2.75) is 158 Å². The fraction of sp³-hybridized carbons (Fsp3) is 0.547. The molecule has 0 aliphatic heterocycles. The van der Waals surface area contributed by atoms with Gasteiger partial charge in [-0.25, -0.2) is 4.98 Å². The number of unbranched alkanes of at least 4 members (excludes halogenated alkanes) is 1. The van der Waals surface area contributed by atoms with E-state index in [1.165, 1.54) is 50.6 Å². The van der Waals surface area contributed by atoms with E-state index in [4.69, 9.17) is 39.5 Å². The molecule has 37 heteroatoms. The normalized spacial score (nSPS) is 14.3. The Balaban J connectivity index is 2.53. The van der Waals surface area contributed by atoms with Crippen molar-refractivity contribution in [1.29, 1.82) is 0 Å². The molecule has 0 aliphatic rings. The number of nitrogens with zero attached hydrogens (tertiary/aromatic N) is 2. The fourth-order valence-electron chi connectivity index (χ4n) is 8.35. The summed E-state index contributed by atoms with van der Waals surface area (Å²) in [5.41, 5.74) is 33.7. The smallest absolute Gasteiger partial charge is 0.305 e. The molecule has 0 bridgehead atoms. The zero-order valence-corrected chi connectivity index (χ0v) is 50.3. The number of nitrogens with one attached hydrogen (secondary N) is 10. The highest BCUT2D eigenvalue weighted by atomic mass is 32.1. The number of aromatic amines is 1. The molecule has 90 heavy (non-hydrogen) atoms.